The Morgan fingerprint density at radius 1 is 0.474 bits per heavy atom. The van der Waals surface area contributed by atoms with E-state index < -0.39 is 182 Å². The second kappa shape index (κ2) is 34.4. The van der Waals surface area contributed by atoms with Gasteiger partial charge < -0.3 is 101 Å². The minimum Gasteiger partial charge on any atom is -0.480 e. The molecule has 0 aliphatic carbocycles. The molecule has 0 aliphatic heterocycles. The standard InChI is InChI=1S/C47H77N13O18/c1-21(2)34(43(73)53-27(14-10-11-15-48)38(68)51-22(3)47(77)78)57-45(75)37(25(6)65)60-46(76)36(24(5)64)59-42(72)31(20-62)56-44(74)35(23(4)63)58-40(70)28(16-26-12-8-7-9-13-26)54-39(69)29(17-32(50)66)55-41(71)30(19-61)52-33(67)18-49/h7-9,12-13,21-25,27-31,34-37,61-65H,10-11,14-20,48-49H2,1-6H3,(H2,50,66)(H,51,68)(H,52,67)(H,53,73)(H,54,69)(H,55,71)(H,56,74)(H,57,75)(H,58,70)(H,59,72)(H,60,76)(H,77,78)/t22-,23+,24+,25+,27-,28-,29-,30-,31-,34+,35-,36-,37-/m0/s1. The molecule has 31 nitrogen and oxygen atoms in total. The van der Waals surface area contributed by atoms with E-state index in [-0.39, 0.29) is 19.4 Å². The lowest BCUT2D eigenvalue weighted by Gasteiger charge is -2.30. The van der Waals surface area contributed by atoms with E-state index in [4.69, 9.17) is 17.2 Å². The molecule has 13 atom stereocenters. The van der Waals surface area contributed by atoms with Gasteiger partial charge in [-0.3, -0.25) is 57.5 Å². The number of primary amides is 1. The van der Waals surface area contributed by atoms with Crippen LogP contribution in [0.15, 0.2) is 30.3 Å². The Morgan fingerprint density at radius 2 is 0.859 bits per heavy atom. The van der Waals surface area contributed by atoms with Gasteiger partial charge in [0.25, 0.3) is 0 Å². The zero-order valence-electron chi connectivity index (χ0n) is 44.1. The monoisotopic (exact) mass is 1110 g/mol. The van der Waals surface area contributed by atoms with E-state index in [0.717, 1.165) is 20.8 Å². The first-order chi connectivity index (χ1) is 36.5. The molecule has 0 radical (unpaired) electrons. The van der Waals surface area contributed by atoms with Crippen LogP contribution < -0.4 is 70.4 Å². The van der Waals surface area contributed by atoms with E-state index in [1.165, 1.54) is 20.8 Å². The highest BCUT2D eigenvalue weighted by atomic mass is 16.4. The molecule has 0 fully saturated rings. The van der Waals surface area contributed by atoms with Gasteiger partial charge in [-0.25, -0.2) is 0 Å². The first-order valence-corrected chi connectivity index (χ1v) is 24.8. The second-order valence-corrected chi connectivity index (χ2v) is 18.6. The SMILES string of the molecule is CC(C)[C@@H](NC(=O)[C@@H](NC(=O)[C@@H](NC(=O)[C@H](CO)NC(=O)[C@@H](NC(=O)[C@H](Cc1ccccc1)NC(=O)[C@H](CC(N)=O)NC(=O)[C@H](CO)NC(=O)CN)[C@@H](C)O)[C@@H](C)O)[C@@H](C)O)C(=O)N[C@@H](CCCCN)C(=O)N[C@@H](C)C(=O)O. The Morgan fingerprint density at radius 3 is 1.31 bits per heavy atom. The van der Waals surface area contributed by atoms with Crippen molar-refractivity contribution in [2.45, 2.75) is 152 Å². The van der Waals surface area contributed by atoms with E-state index in [1.807, 2.05) is 0 Å². The van der Waals surface area contributed by atoms with Crippen molar-refractivity contribution in [1.29, 1.82) is 0 Å². The molecule has 0 saturated carbocycles. The van der Waals surface area contributed by atoms with Gasteiger partial charge in [0.2, 0.25) is 65.0 Å². The summed E-state index contributed by atoms with van der Waals surface area (Å²) in [4.78, 5) is 157. The van der Waals surface area contributed by atoms with Crippen molar-refractivity contribution in [3.8, 4) is 0 Å². The summed E-state index contributed by atoms with van der Waals surface area (Å²) in [6.07, 6.45) is -5.60. The van der Waals surface area contributed by atoms with Crippen LogP contribution in [-0.4, -0.2) is 207 Å². The van der Waals surface area contributed by atoms with Gasteiger partial charge in [0.05, 0.1) is 44.5 Å². The average molecular weight is 1110 g/mol. The van der Waals surface area contributed by atoms with Crippen molar-refractivity contribution in [1.82, 2.24) is 53.2 Å². The molecule has 1 aromatic rings. The third-order valence-electron chi connectivity index (χ3n) is 11.5. The van der Waals surface area contributed by atoms with Gasteiger partial charge in [-0.15, -0.1) is 0 Å². The van der Waals surface area contributed by atoms with Crippen LogP contribution in [0.25, 0.3) is 0 Å². The van der Waals surface area contributed by atoms with Crippen LogP contribution in [0, 0.1) is 5.92 Å². The fourth-order valence-electron chi connectivity index (χ4n) is 7.06. The van der Waals surface area contributed by atoms with E-state index >= 15 is 0 Å². The quantitative estimate of drug-likeness (QED) is 0.0281. The molecule has 0 saturated heterocycles. The van der Waals surface area contributed by atoms with Crippen LogP contribution in [0.1, 0.15) is 72.8 Å². The molecule has 0 aliphatic rings. The topological polar surface area (TPSA) is 525 Å². The number of benzene rings is 1. The second-order valence-electron chi connectivity index (χ2n) is 18.6. The molecule has 31 heteroatoms. The summed E-state index contributed by atoms with van der Waals surface area (Å²) in [6.45, 7) is 4.95. The molecule has 1 aromatic carbocycles. The van der Waals surface area contributed by atoms with Crippen molar-refractivity contribution in [2.75, 3.05) is 26.3 Å². The van der Waals surface area contributed by atoms with E-state index in [0.29, 0.717) is 18.4 Å². The number of hydrogen-bond acceptors (Lipinski definition) is 19. The molecule has 78 heavy (non-hydrogen) atoms. The molecule has 0 unspecified atom stereocenters. The molecule has 22 N–H and O–H groups in total. The van der Waals surface area contributed by atoms with Crippen LogP contribution in [0.2, 0.25) is 0 Å². The van der Waals surface area contributed by atoms with Crippen LogP contribution >= 0.6 is 0 Å². The summed E-state index contributed by atoms with van der Waals surface area (Å²) in [7, 11) is 0. The fraction of sp³-hybridized carbons (Fsp3) is 0.617. The first-order valence-electron chi connectivity index (χ1n) is 24.8. The molecule has 1 rings (SSSR count). The van der Waals surface area contributed by atoms with Crippen molar-refractivity contribution in [2.24, 2.45) is 23.1 Å². The number of aliphatic hydroxyl groups excluding tert-OH is 5. The minimum atomic E-state index is -1.99. The van der Waals surface area contributed by atoms with Gasteiger partial charge in [-0.1, -0.05) is 44.2 Å². The highest BCUT2D eigenvalue weighted by molar-refractivity contribution is 6.00. The molecule has 0 aromatic heterocycles. The predicted molar refractivity (Wildman–Crippen MR) is 273 cm³/mol. The van der Waals surface area contributed by atoms with Gasteiger partial charge >= 0.3 is 5.97 Å². The molecule has 11 amide bonds. The van der Waals surface area contributed by atoms with Gasteiger partial charge in [-0.2, -0.15) is 0 Å². The van der Waals surface area contributed by atoms with Crippen LogP contribution in [0.5, 0.6) is 0 Å². The zero-order chi connectivity index (χ0) is 59.6. The summed E-state index contributed by atoms with van der Waals surface area (Å²) in [5.74, 6) is -14.3. The molecule has 0 spiro atoms. The van der Waals surface area contributed by atoms with Gasteiger partial charge in [-0.05, 0) is 65.0 Å². The summed E-state index contributed by atoms with van der Waals surface area (Å²) in [5.41, 5.74) is 16.6. The lowest BCUT2D eigenvalue weighted by atomic mass is 10.0. The number of hydrogen-bond donors (Lipinski definition) is 19. The summed E-state index contributed by atoms with van der Waals surface area (Å²) < 4.78 is 0. The zero-order valence-corrected chi connectivity index (χ0v) is 44.1. The number of amides is 11. The number of nitrogens with two attached hydrogens (primary N) is 3. The third-order valence-corrected chi connectivity index (χ3v) is 11.5. The Kier molecular flexibility index (Phi) is 30.2. The van der Waals surface area contributed by atoms with Crippen molar-refractivity contribution in [3.05, 3.63) is 35.9 Å². The highest BCUT2D eigenvalue weighted by Crippen LogP contribution is 2.10. The number of unbranched alkanes of at least 4 members (excludes halogenated alkanes) is 1. The Bertz CT molecular complexity index is 2220. The minimum absolute atomic E-state index is 0.0388. The lowest BCUT2D eigenvalue weighted by molar-refractivity contribution is -0.142. The number of carboxylic acids is 1. The Hall–Kier alpha value is -7.42. The van der Waals surface area contributed by atoms with Crippen molar-refractivity contribution < 1.29 is 88.2 Å². The normalized spacial score (nSPS) is 16.1. The van der Waals surface area contributed by atoms with E-state index in [1.54, 1.807) is 30.3 Å². The van der Waals surface area contributed by atoms with Gasteiger partial charge in [0, 0.05) is 6.42 Å². The number of aliphatic hydroxyl groups is 5. The molecular weight excluding hydrogens is 1030 g/mol. The predicted octanol–water partition coefficient (Wildman–Crippen LogP) is -9.07. The van der Waals surface area contributed by atoms with E-state index in [9.17, 15) is 88.2 Å². The summed E-state index contributed by atoms with van der Waals surface area (Å²) in [5, 5.41) is 83.5. The fourth-order valence-corrected chi connectivity index (χ4v) is 7.06. The molecule has 438 valence electrons. The average Bonchev–Trinajstić information content (AvgIpc) is 3.37. The van der Waals surface area contributed by atoms with Gasteiger partial charge in [0.1, 0.15) is 60.4 Å². The largest absolute Gasteiger partial charge is 0.480 e. The molecule has 0 bridgehead atoms. The van der Waals surface area contributed by atoms with Crippen molar-refractivity contribution in [3.63, 3.8) is 0 Å². The summed E-state index contributed by atoms with van der Waals surface area (Å²) >= 11 is 0. The number of carboxylic acid groups (broad SMARTS) is 1. The van der Waals surface area contributed by atoms with Crippen molar-refractivity contribution >= 4 is 70.9 Å². The third kappa shape index (κ3) is 23.4. The summed E-state index contributed by atoms with van der Waals surface area (Å²) in [6, 6.07) is -9.02. The molecule has 0 heterocycles. The number of nitrogens with one attached hydrogen (secondary N) is 10. The maximum Gasteiger partial charge on any atom is 0.325 e. The smallest absolute Gasteiger partial charge is 0.325 e. The van der Waals surface area contributed by atoms with Crippen LogP contribution in [-0.2, 0) is 64.0 Å². The maximum atomic E-state index is 13.9. The number of rotatable bonds is 35. The van der Waals surface area contributed by atoms with E-state index in [2.05, 4.69) is 53.2 Å². The number of carbonyl (C=O) groups excluding carboxylic acids is 11. The van der Waals surface area contributed by atoms with Gasteiger partial charge in [0.15, 0.2) is 0 Å². The van der Waals surface area contributed by atoms with Crippen LogP contribution in [0.4, 0.5) is 0 Å². The molecular formula is C47H77N13O18. The lowest BCUT2D eigenvalue weighted by Crippen LogP contribution is -2.64. The van der Waals surface area contributed by atoms with Crippen LogP contribution in [0.3, 0.4) is 0 Å². The maximum absolute atomic E-state index is 13.9. The number of aliphatic carboxylic acids is 1. The highest BCUT2D eigenvalue weighted by Gasteiger charge is 2.39. The first kappa shape index (κ1) is 68.6. The Balaban J connectivity index is 3.36. The number of carbonyl (C=O) groups is 12. The Labute approximate surface area is 449 Å².